The Hall–Kier alpha value is -2.18. The molecule has 0 saturated carbocycles. The summed E-state index contributed by atoms with van der Waals surface area (Å²) in [5.74, 6) is -0.135. The minimum absolute atomic E-state index is 0.135. The third-order valence-corrected chi connectivity index (χ3v) is 1.59. The highest BCUT2D eigenvalue weighted by molar-refractivity contribution is 5.66. The van der Waals surface area contributed by atoms with Gasteiger partial charge in [-0.1, -0.05) is 5.10 Å². The van der Waals surface area contributed by atoms with Crippen molar-refractivity contribution < 1.29 is 4.92 Å². The molecule has 0 unspecified atom stereocenters. The van der Waals surface area contributed by atoms with E-state index >= 15 is 0 Å². The lowest BCUT2D eigenvalue weighted by Gasteiger charge is -1.92. The van der Waals surface area contributed by atoms with Crippen LogP contribution in [0.15, 0.2) is 18.7 Å². The minimum Gasteiger partial charge on any atom is -0.358 e. The van der Waals surface area contributed by atoms with E-state index in [0.29, 0.717) is 11.3 Å². The highest BCUT2D eigenvalue weighted by Crippen LogP contribution is 2.24. The molecule has 0 fully saturated rings. The molecule has 2 rings (SSSR count). The van der Waals surface area contributed by atoms with E-state index in [4.69, 9.17) is 0 Å². The number of aromatic nitrogens is 4. The van der Waals surface area contributed by atoms with Crippen molar-refractivity contribution in [3.8, 4) is 11.3 Å². The first kappa shape index (κ1) is 7.47. The van der Waals surface area contributed by atoms with Crippen LogP contribution in [0, 0.1) is 10.1 Å². The number of hydrogen-bond donors (Lipinski definition) is 2. The molecular weight excluding hydrogens is 174 g/mol. The lowest BCUT2D eigenvalue weighted by Crippen LogP contribution is -1.90. The van der Waals surface area contributed by atoms with Gasteiger partial charge in [-0.05, 0) is 4.92 Å². The lowest BCUT2D eigenvalue weighted by atomic mass is 10.2. The Kier molecular flexibility index (Phi) is 1.55. The highest BCUT2D eigenvalue weighted by Gasteiger charge is 2.16. The number of aromatic amines is 2. The molecule has 7 heteroatoms. The number of rotatable bonds is 2. The Labute approximate surface area is 72.0 Å². The van der Waals surface area contributed by atoms with E-state index in [2.05, 4.69) is 20.2 Å². The predicted molar refractivity (Wildman–Crippen MR) is 42.8 cm³/mol. The third kappa shape index (κ3) is 1.15. The lowest BCUT2D eigenvalue weighted by molar-refractivity contribution is -0.388. The van der Waals surface area contributed by atoms with E-state index < -0.39 is 4.92 Å². The normalized spacial score (nSPS) is 10.2. The summed E-state index contributed by atoms with van der Waals surface area (Å²) in [4.78, 5) is 16.5. The molecule has 0 radical (unpaired) electrons. The Morgan fingerprint density at radius 2 is 2.31 bits per heavy atom. The molecule has 0 atom stereocenters. The maximum atomic E-state index is 10.5. The van der Waals surface area contributed by atoms with Gasteiger partial charge in [0.25, 0.3) is 0 Å². The smallest absolute Gasteiger partial charge is 0.352 e. The molecule has 0 aromatic carbocycles. The van der Waals surface area contributed by atoms with Gasteiger partial charge in [0, 0.05) is 0 Å². The van der Waals surface area contributed by atoms with Crippen molar-refractivity contribution in [1.29, 1.82) is 0 Å². The number of nitrogens with one attached hydrogen (secondary N) is 2. The second-order valence-electron chi connectivity index (χ2n) is 2.35. The molecule has 0 bridgehead atoms. The SMILES string of the molecule is O=[N+]([O-])c1[nH]ncc1-c1cnc[nH]1. The van der Waals surface area contributed by atoms with E-state index in [1.165, 1.54) is 18.7 Å². The molecule has 2 aromatic heterocycles. The van der Waals surface area contributed by atoms with Crippen LogP contribution in [0.4, 0.5) is 5.82 Å². The average molecular weight is 179 g/mol. The molecular formula is C6H5N5O2. The Morgan fingerprint density at radius 1 is 1.46 bits per heavy atom. The maximum absolute atomic E-state index is 10.5. The van der Waals surface area contributed by atoms with Gasteiger partial charge in [0.2, 0.25) is 0 Å². The number of imidazole rings is 1. The number of H-pyrrole nitrogens is 2. The second-order valence-corrected chi connectivity index (χ2v) is 2.35. The third-order valence-electron chi connectivity index (χ3n) is 1.59. The van der Waals surface area contributed by atoms with Gasteiger partial charge in [-0.15, -0.1) is 5.10 Å². The van der Waals surface area contributed by atoms with Crippen LogP contribution in [0.25, 0.3) is 11.3 Å². The van der Waals surface area contributed by atoms with Crippen LogP contribution in [0.5, 0.6) is 0 Å². The monoisotopic (exact) mass is 179 g/mol. The summed E-state index contributed by atoms with van der Waals surface area (Å²) in [5.41, 5.74) is 0.975. The van der Waals surface area contributed by atoms with Gasteiger partial charge in [-0.25, -0.2) is 4.98 Å². The molecule has 2 aromatic rings. The van der Waals surface area contributed by atoms with Crippen molar-refractivity contribution in [1.82, 2.24) is 20.2 Å². The molecule has 0 amide bonds. The minimum atomic E-state index is -0.525. The predicted octanol–water partition coefficient (Wildman–Crippen LogP) is 0.708. The molecule has 2 heterocycles. The molecule has 2 N–H and O–H groups in total. The first-order chi connectivity index (χ1) is 6.29. The molecule has 66 valence electrons. The second kappa shape index (κ2) is 2.70. The van der Waals surface area contributed by atoms with Crippen LogP contribution >= 0.6 is 0 Å². The summed E-state index contributed by atoms with van der Waals surface area (Å²) < 4.78 is 0. The van der Waals surface area contributed by atoms with Gasteiger partial charge in [0.05, 0.1) is 24.4 Å². The van der Waals surface area contributed by atoms with Crippen molar-refractivity contribution in [2.75, 3.05) is 0 Å². The molecule has 0 saturated heterocycles. The quantitative estimate of drug-likeness (QED) is 0.523. The summed E-state index contributed by atoms with van der Waals surface area (Å²) in [6.07, 6.45) is 4.33. The molecule has 0 spiro atoms. The zero-order valence-corrected chi connectivity index (χ0v) is 6.39. The molecule has 7 nitrogen and oxygen atoms in total. The van der Waals surface area contributed by atoms with E-state index in [1.54, 1.807) is 0 Å². The van der Waals surface area contributed by atoms with Crippen molar-refractivity contribution in [2.24, 2.45) is 0 Å². The fourth-order valence-electron chi connectivity index (χ4n) is 1.02. The van der Waals surface area contributed by atoms with Crippen LogP contribution in [0.3, 0.4) is 0 Å². The van der Waals surface area contributed by atoms with Gasteiger partial charge in [-0.2, -0.15) is 0 Å². The average Bonchev–Trinajstić information content (AvgIpc) is 2.74. The van der Waals surface area contributed by atoms with E-state index in [-0.39, 0.29) is 5.82 Å². The fourth-order valence-corrected chi connectivity index (χ4v) is 1.02. The van der Waals surface area contributed by atoms with Crippen LogP contribution in [0.2, 0.25) is 0 Å². The number of nitro groups is 1. The van der Waals surface area contributed by atoms with Gasteiger partial charge in [0.1, 0.15) is 5.56 Å². The number of nitrogens with zero attached hydrogens (tertiary/aromatic N) is 3. The van der Waals surface area contributed by atoms with Crippen molar-refractivity contribution >= 4 is 5.82 Å². The molecule has 0 aliphatic carbocycles. The molecule has 13 heavy (non-hydrogen) atoms. The summed E-state index contributed by atoms with van der Waals surface area (Å²) in [6, 6.07) is 0. The van der Waals surface area contributed by atoms with E-state index in [0.717, 1.165) is 0 Å². The van der Waals surface area contributed by atoms with Crippen LogP contribution in [0.1, 0.15) is 0 Å². The van der Waals surface area contributed by atoms with Gasteiger partial charge in [0.15, 0.2) is 0 Å². The van der Waals surface area contributed by atoms with Crippen molar-refractivity contribution in [3.63, 3.8) is 0 Å². The number of hydrogen-bond acceptors (Lipinski definition) is 4. The largest absolute Gasteiger partial charge is 0.358 e. The van der Waals surface area contributed by atoms with E-state index in [9.17, 15) is 10.1 Å². The first-order valence-electron chi connectivity index (χ1n) is 3.45. The molecule has 0 aliphatic rings. The summed E-state index contributed by atoms with van der Waals surface area (Å²) >= 11 is 0. The Bertz CT molecular complexity index is 418. The van der Waals surface area contributed by atoms with Crippen LogP contribution < -0.4 is 0 Å². The summed E-state index contributed by atoms with van der Waals surface area (Å²) in [7, 11) is 0. The zero-order chi connectivity index (χ0) is 9.26. The highest BCUT2D eigenvalue weighted by atomic mass is 16.6. The topological polar surface area (TPSA) is 100 Å². The zero-order valence-electron chi connectivity index (χ0n) is 6.39. The van der Waals surface area contributed by atoms with Gasteiger partial charge in [-0.3, -0.25) is 0 Å². The Balaban J connectivity index is 2.52. The van der Waals surface area contributed by atoms with Crippen molar-refractivity contribution in [2.45, 2.75) is 0 Å². The van der Waals surface area contributed by atoms with Gasteiger partial charge >= 0.3 is 5.82 Å². The molecule has 0 aliphatic heterocycles. The summed E-state index contributed by atoms with van der Waals surface area (Å²) in [6.45, 7) is 0. The van der Waals surface area contributed by atoms with Crippen molar-refractivity contribution in [3.05, 3.63) is 28.8 Å². The fraction of sp³-hybridized carbons (Fsp3) is 0. The summed E-state index contributed by atoms with van der Waals surface area (Å²) in [5, 5.41) is 16.4. The maximum Gasteiger partial charge on any atom is 0.352 e. The van der Waals surface area contributed by atoms with Gasteiger partial charge < -0.3 is 15.1 Å². The Morgan fingerprint density at radius 3 is 2.92 bits per heavy atom. The first-order valence-corrected chi connectivity index (χ1v) is 3.45. The van der Waals surface area contributed by atoms with Crippen LogP contribution in [-0.2, 0) is 0 Å². The van der Waals surface area contributed by atoms with E-state index in [1.807, 2.05) is 0 Å². The standard InChI is InChI=1S/C6H5N5O2/c12-11(13)6-4(1-9-10-6)5-2-7-3-8-5/h1-3H,(H,7,8)(H,9,10). The van der Waals surface area contributed by atoms with Crippen LogP contribution in [-0.4, -0.2) is 25.1 Å².